The van der Waals surface area contributed by atoms with Crippen LogP contribution >= 0.6 is 11.6 Å². The molecule has 1 aromatic heterocycles. The maximum atomic E-state index is 10.2. The number of rotatable bonds is 4. The van der Waals surface area contributed by atoms with Gasteiger partial charge < -0.3 is 9.84 Å². The molecule has 0 unspecified atom stereocenters. The Bertz CT molecular complexity index is 638. The van der Waals surface area contributed by atoms with Crippen LogP contribution in [0.15, 0.2) is 30.6 Å². The normalized spacial score (nSPS) is 22.2. The molecule has 1 aliphatic heterocycles. The molecule has 0 spiro atoms. The number of aromatic nitrogens is 2. The number of halogens is 1. The molecule has 1 fully saturated rings. The number of benzene rings is 1. The summed E-state index contributed by atoms with van der Waals surface area (Å²) >= 11 is 6.28. The van der Waals surface area contributed by atoms with Crippen molar-refractivity contribution in [1.29, 1.82) is 0 Å². The molecule has 22 heavy (non-hydrogen) atoms. The Morgan fingerprint density at radius 2 is 2.23 bits per heavy atom. The van der Waals surface area contributed by atoms with E-state index in [1.807, 2.05) is 19.2 Å². The Kier molecular flexibility index (Phi) is 4.38. The molecule has 1 aromatic carbocycles. The van der Waals surface area contributed by atoms with Crippen LogP contribution in [-0.4, -0.2) is 45.1 Å². The summed E-state index contributed by atoms with van der Waals surface area (Å²) in [5.41, 5.74) is 2.28. The maximum absolute atomic E-state index is 10.2. The first-order valence-corrected chi connectivity index (χ1v) is 7.70. The molecule has 2 aromatic rings. The van der Waals surface area contributed by atoms with Crippen molar-refractivity contribution in [2.24, 2.45) is 7.05 Å². The van der Waals surface area contributed by atoms with Crippen LogP contribution in [-0.2, 0) is 13.6 Å². The smallest absolute Gasteiger partial charge is 0.157 e. The molecule has 2 heterocycles. The van der Waals surface area contributed by atoms with Crippen LogP contribution < -0.4 is 4.74 Å². The van der Waals surface area contributed by atoms with Crippen LogP contribution in [0.5, 0.6) is 5.75 Å². The molecular formula is C16H20ClN3O2. The van der Waals surface area contributed by atoms with E-state index in [0.717, 1.165) is 17.1 Å². The summed E-state index contributed by atoms with van der Waals surface area (Å²) in [7, 11) is 1.84. The van der Waals surface area contributed by atoms with E-state index in [-0.39, 0.29) is 6.10 Å². The monoisotopic (exact) mass is 321 g/mol. The van der Waals surface area contributed by atoms with Gasteiger partial charge in [0.2, 0.25) is 0 Å². The summed E-state index contributed by atoms with van der Waals surface area (Å²) < 4.78 is 7.51. The molecule has 1 aliphatic rings. The number of β-amino-alcohol motifs (C(OH)–C–C–N with tert-alkyl or cyclic N) is 1. The van der Waals surface area contributed by atoms with Crippen molar-refractivity contribution < 1.29 is 9.84 Å². The van der Waals surface area contributed by atoms with E-state index in [9.17, 15) is 5.11 Å². The summed E-state index contributed by atoms with van der Waals surface area (Å²) in [5.74, 6) is 0.683. The van der Waals surface area contributed by atoms with Crippen molar-refractivity contribution in [2.45, 2.75) is 25.7 Å². The Morgan fingerprint density at radius 3 is 2.91 bits per heavy atom. The highest BCUT2D eigenvalue weighted by Crippen LogP contribution is 2.25. The highest BCUT2D eigenvalue weighted by atomic mass is 35.5. The van der Waals surface area contributed by atoms with Gasteiger partial charge in [-0.15, -0.1) is 0 Å². The van der Waals surface area contributed by atoms with Crippen LogP contribution in [0.1, 0.15) is 11.1 Å². The maximum Gasteiger partial charge on any atom is 0.157 e. The Morgan fingerprint density at radius 1 is 1.41 bits per heavy atom. The predicted molar refractivity (Wildman–Crippen MR) is 85.1 cm³/mol. The molecule has 0 amide bonds. The highest BCUT2D eigenvalue weighted by Gasteiger charge is 2.33. The minimum atomic E-state index is -0.511. The van der Waals surface area contributed by atoms with Gasteiger partial charge >= 0.3 is 0 Å². The Balaban J connectivity index is 1.65. The van der Waals surface area contributed by atoms with E-state index in [1.165, 1.54) is 5.56 Å². The fourth-order valence-electron chi connectivity index (χ4n) is 2.80. The van der Waals surface area contributed by atoms with Gasteiger partial charge in [-0.3, -0.25) is 9.58 Å². The first kappa shape index (κ1) is 15.3. The summed E-state index contributed by atoms with van der Waals surface area (Å²) in [6.07, 6.45) is 2.70. The van der Waals surface area contributed by atoms with Crippen LogP contribution in [0.25, 0.3) is 0 Å². The molecule has 6 heteroatoms. The Labute approximate surface area is 135 Å². The number of likely N-dealkylation sites (tertiary alicyclic amines) is 1. The van der Waals surface area contributed by atoms with E-state index in [1.54, 1.807) is 17.1 Å². The van der Waals surface area contributed by atoms with E-state index < -0.39 is 6.10 Å². The lowest BCUT2D eigenvalue weighted by molar-refractivity contribution is 0.0736. The second kappa shape index (κ2) is 6.28. The molecule has 0 saturated carbocycles. The third-order valence-corrected chi connectivity index (χ3v) is 4.37. The summed E-state index contributed by atoms with van der Waals surface area (Å²) in [6, 6.07) is 5.91. The lowest BCUT2D eigenvalue weighted by Gasteiger charge is -2.18. The van der Waals surface area contributed by atoms with Gasteiger partial charge in [-0.1, -0.05) is 23.7 Å². The molecule has 118 valence electrons. The zero-order valence-corrected chi connectivity index (χ0v) is 13.5. The second-order valence-corrected chi connectivity index (χ2v) is 6.21. The third-order valence-electron chi connectivity index (χ3n) is 4.02. The zero-order valence-electron chi connectivity index (χ0n) is 12.7. The van der Waals surface area contributed by atoms with Crippen molar-refractivity contribution in [2.75, 3.05) is 13.1 Å². The van der Waals surface area contributed by atoms with Gasteiger partial charge in [-0.25, -0.2) is 0 Å². The fourth-order valence-corrected chi connectivity index (χ4v) is 3.08. The molecule has 1 N–H and O–H groups in total. The molecule has 2 atom stereocenters. The minimum Gasteiger partial charge on any atom is -0.483 e. The number of hydrogen-bond donors (Lipinski definition) is 1. The van der Waals surface area contributed by atoms with Gasteiger partial charge in [-0.05, 0) is 24.1 Å². The van der Waals surface area contributed by atoms with Crippen molar-refractivity contribution in [3.63, 3.8) is 0 Å². The van der Waals surface area contributed by atoms with E-state index >= 15 is 0 Å². The number of aliphatic hydroxyl groups is 1. The van der Waals surface area contributed by atoms with Gasteiger partial charge in [0.25, 0.3) is 0 Å². The first-order chi connectivity index (χ1) is 10.5. The number of aryl methyl sites for hydroxylation is 2. The van der Waals surface area contributed by atoms with E-state index in [2.05, 4.69) is 23.0 Å². The van der Waals surface area contributed by atoms with E-state index in [4.69, 9.17) is 16.3 Å². The quantitative estimate of drug-likeness (QED) is 0.936. The Hall–Kier alpha value is -1.56. The third kappa shape index (κ3) is 3.27. The van der Waals surface area contributed by atoms with Crippen LogP contribution in [0, 0.1) is 6.92 Å². The molecular weight excluding hydrogens is 302 g/mol. The van der Waals surface area contributed by atoms with Crippen molar-refractivity contribution in [3.8, 4) is 5.75 Å². The molecule has 1 saturated heterocycles. The average Bonchev–Trinajstić information content (AvgIpc) is 3.01. The molecule has 3 rings (SSSR count). The molecule has 5 nitrogen and oxygen atoms in total. The van der Waals surface area contributed by atoms with E-state index in [0.29, 0.717) is 18.8 Å². The first-order valence-electron chi connectivity index (χ1n) is 7.32. The van der Waals surface area contributed by atoms with Crippen LogP contribution in [0.3, 0.4) is 0 Å². The number of nitrogens with zero attached hydrogens (tertiary/aromatic N) is 3. The minimum absolute atomic E-state index is 0.244. The fraction of sp³-hybridized carbons (Fsp3) is 0.438. The van der Waals surface area contributed by atoms with Crippen molar-refractivity contribution >= 4 is 11.6 Å². The second-order valence-electron chi connectivity index (χ2n) is 5.80. The van der Waals surface area contributed by atoms with Gasteiger partial charge in [0.05, 0.1) is 12.4 Å². The van der Waals surface area contributed by atoms with Crippen molar-refractivity contribution in [3.05, 3.63) is 46.7 Å². The lowest BCUT2D eigenvalue weighted by Crippen LogP contribution is -2.29. The van der Waals surface area contributed by atoms with Gasteiger partial charge in [0, 0.05) is 31.7 Å². The lowest BCUT2D eigenvalue weighted by atomic mass is 10.1. The standard InChI is InChI=1S/C16H20ClN3O2/c1-11-4-3-5-14(17)13(11)8-20-9-15(21)16(10-20)22-12-6-18-19(2)7-12/h3-7,15-16,21H,8-10H2,1-2H3/t15-,16-/m1/s1. The van der Waals surface area contributed by atoms with Crippen molar-refractivity contribution in [1.82, 2.24) is 14.7 Å². The summed E-state index contributed by atoms with van der Waals surface area (Å²) in [6.45, 7) is 4.02. The van der Waals surface area contributed by atoms with Crippen LogP contribution in [0.4, 0.5) is 0 Å². The molecule has 0 bridgehead atoms. The van der Waals surface area contributed by atoms with Crippen LogP contribution in [0.2, 0.25) is 5.02 Å². The SMILES string of the molecule is Cc1cccc(Cl)c1CN1C[C@@H](O)[C@H](Oc2cnn(C)c2)C1. The molecule has 0 radical (unpaired) electrons. The number of hydrogen-bond acceptors (Lipinski definition) is 4. The largest absolute Gasteiger partial charge is 0.483 e. The molecule has 0 aliphatic carbocycles. The average molecular weight is 322 g/mol. The predicted octanol–water partition coefficient (Wildman–Crippen LogP) is 2.01. The van der Waals surface area contributed by atoms with Gasteiger partial charge in [0.1, 0.15) is 12.2 Å². The summed E-state index contributed by atoms with van der Waals surface area (Å²) in [5, 5.41) is 15.1. The summed E-state index contributed by atoms with van der Waals surface area (Å²) in [4.78, 5) is 2.17. The number of aliphatic hydroxyl groups excluding tert-OH is 1. The zero-order chi connectivity index (χ0) is 15.7. The van der Waals surface area contributed by atoms with Gasteiger partial charge in [-0.2, -0.15) is 5.10 Å². The topological polar surface area (TPSA) is 50.5 Å². The highest BCUT2D eigenvalue weighted by molar-refractivity contribution is 6.31. The van der Waals surface area contributed by atoms with Gasteiger partial charge in [0.15, 0.2) is 5.75 Å². The number of ether oxygens (including phenoxy) is 1.